The second-order valence-corrected chi connectivity index (χ2v) is 6.77. The highest BCUT2D eigenvalue weighted by atomic mass is 14.1. The van der Waals surface area contributed by atoms with Crippen LogP contribution < -0.4 is 0 Å². The van der Waals surface area contributed by atoms with Crippen molar-refractivity contribution in [3.05, 3.63) is 0 Å². The van der Waals surface area contributed by atoms with Crippen LogP contribution >= 0.6 is 0 Å². The highest BCUT2D eigenvalue weighted by Gasteiger charge is 2.06. The summed E-state index contributed by atoms with van der Waals surface area (Å²) in [6.07, 6.45) is 23.3. The van der Waals surface area contributed by atoms with Crippen molar-refractivity contribution in [2.24, 2.45) is 5.92 Å². The van der Waals surface area contributed by atoms with Crippen LogP contribution in [0.2, 0.25) is 0 Å². The molecule has 0 fully saturated rings. The summed E-state index contributed by atoms with van der Waals surface area (Å²) < 4.78 is 0. The van der Waals surface area contributed by atoms with Gasteiger partial charge in [-0.25, -0.2) is 0 Å². The zero-order chi connectivity index (χ0) is 14.9. The fourth-order valence-electron chi connectivity index (χ4n) is 3.27. The minimum Gasteiger partial charge on any atom is -0.0654 e. The first-order valence-corrected chi connectivity index (χ1v) is 9.85. The summed E-state index contributed by atoms with van der Waals surface area (Å²) in [4.78, 5) is 0. The van der Waals surface area contributed by atoms with E-state index >= 15 is 0 Å². The van der Waals surface area contributed by atoms with Crippen molar-refractivity contribution >= 4 is 0 Å². The third-order valence-corrected chi connectivity index (χ3v) is 4.63. The molecule has 0 radical (unpaired) electrons. The molecule has 122 valence electrons. The molecular weight excluding hydrogens is 240 g/mol. The van der Waals surface area contributed by atoms with Crippen LogP contribution in [0.3, 0.4) is 0 Å². The van der Waals surface area contributed by atoms with Crippen LogP contribution in [0, 0.1) is 5.92 Å². The second-order valence-electron chi connectivity index (χ2n) is 6.77. The molecule has 0 aliphatic heterocycles. The van der Waals surface area contributed by atoms with Gasteiger partial charge in [-0.1, -0.05) is 124 Å². The summed E-state index contributed by atoms with van der Waals surface area (Å²) in [5.74, 6) is 1.04. The van der Waals surface area contributed by atoms with E-state index in [2.05, 4.69) is 20.8 Å². The van der Waals surface area contributed by atoms with Gasteiger partial charge >= 0.3 is 0 Å². The summed E-state index contributed by atoms with van der Waals surface area (Å²) >= 11 is 0. The molecular formula is C20H42. The Morgan fingerprint density at radius 3 is 1.30 bits per heavy atom. The van der Waals surface area contributed by atoms with Crippen LogP contribution in [0.5, 0.6) is 0 Å². The SMILES string of the molecule is CCCCCCCCCCCC(CCC)CCCCC. The Bertz CT molecular complexity index is 161. The summed E-state index contributed by atoms with van der Waals surface area (Å²) in [6.45, 7) is 6.96. The van der Waals surface area contributed by atoms with Crippen LogP contribution in [-0.4, -0.2) is 0 Å². The van der Waals surface area contributed by atoms with Crippen LogP contribution in [-0.2, 0) is 0 Å². The topological polar surface area (TPSA) is 0 Å². The highest BCUT2D eigenvalue weighted by Crippen LogP contribution is 2.22. The van der Waals surface area contributed by atoms with Gasteiger partial charge in [-0.15, -0.1) is 0 Å². The lowest BCUT2D eigenvalue weighted by molar-refractivity contribution is 0.379. The molecule has 0 aromatic heterocycles. The van der Waals surface area contributed by atoms with E-state index in [1.165, 1.54) is 103 Å². The summed E-state index contributed by atoms with van der Waals surface area (Å²) in [5.41, 5.74) is 0. The summed E-state index contributed by atoms with van der Waals surface area (Å²) in [6, 6.07) is 0. The smallest absolute Gasteiger partial charge is 0.0414 e. The molecule has 0 amide bonds. The van der Waals surface area contributed by atoms with Crippen molar-refractivity contribution < 1.29 is 0 Å². The zero-order valence-corrected chi connectivity index (χ0v) is 14.9. The van der Waals surface area contributed by atoms with E-state index in [4.69, 9.17) is 0 Å². The number of hydrogen-bond donors (Lipinski definition) is 0. The second kappa shape index (κ2) is 17.1. The van der Waals surface area contributed by atoms with Crippen molar-refractivity contribution in [2.75, 3.05) is 0 Å². The van der Waals surface area contributed by atoms with Gasteiger partial charge in [0, 0.05) is 0 Å². The Balaban J connectivity index is 3.34. The van der Waals surface area contributed by atoms with Gasteiger partial charge in [-0.3, -0.25) is 0 Å². The van der Waals surface area contributed by atoms with Crippen molar-refractivity contribution in [1.29, 1.82) is 0 Å². The molecule has 0 nitrogen and oxygen atoms in total. The first kappa shape index (κ1) is 20.0. The largest absolute Gasteiger partial charge is 0.0654 e. The summed E-state index contributed by atoms with van der Waals surface area (Å²) in [5, 5.41) is 0. The molecule has 0 aromatic rings. The lowest BCUT2D eigenvalue weighted by Crippen LogP contribution is -2.00. The summed E-state index contributed by atoms with van der Waals surface area (Å²) in [7, 11) is 0. The Kier molecular flexibility index (Phi) is 17.1. The molecule has 0 bridgehead atoms. The third kappa shape index (κ3) is 14.4. The quantitative estimate of drug-likeness (QED) is 0.252. The molecule has 0 aromatic carbocycles. The van der Waals surface area contributed by atoms with Crippen LogP contribution in [0.4, 0.5) is 0 Å². The van der Waals surface area contributed by atoms with E-state index in [1.807, 2.05) is 0 Å². The van der Waals surface area contributed by atoms with Gasteiger partial charge in [0.1, 0.15) is 0 Å². The van der Waals surface area contributed by atoms with Gasteiger partial charge in [0.05, 0.1) is 0 Å². The Labute approximate surface area is 130 Å². The minimum absolute atomic E-state index is 1.04. The van der Waals surface area contributed by atoms with Crippen molar-refractivity contribution in [3.63, 3.8) is 0 Å². The Morgan fingerprint density at radius 2 is 0.800 bits per heavy atom. The highest BCUT2D eigenvalue weighted by molar-refractivity contribution is 4.60. The minimum atomic E-state index is 1.04. The number of rotatable bonds is 16. The van der Waals surface area contributed by atoms with Crippen LogP contribution in [0.15, 0.2) is 0 Å². The average molecular weight is 283 g/mol. The molecule has 0 rings (SSSR count). The standard InChI is InChI=1S/C20H42/c1-4-7-9-10-11-12-13-14-16-19-20(17-6-3)18-15-8-5-2/h20H,4-19H2,1-3H3. The third-order valence-electron chi connectivity index (χ3n) is 4.63. The molecule has 0 N–H and O–H groups in total. The number of hydrogen-bond acceptors (Lipinski definition) is 0. The van der Waals surface area contributed by atoms with Gasteiger partial charge in [0.25, 0.3) is 0 Å². The lowest BCUT2D eigenvalue weighted by Gasteiger charge is -2.15. The van der Waals surface area contributed by atoms with E-state index in [0.717, 1.165) is 5.92 Å². The first-order valence-electron chi connectivity index (χ1n) is 9.85. The zero-order valence-electron chi connectivity index (χ0n) is 14.9. The fourth-order valence-corrected chi connectivity index (χ4v) is 3.27. The molecule has 0 heteroatoms. The van der Waals surface area contributed by atoms with Crippen molar-refractivity contribution in [1.82, 2.24) is 0 Å². The monoisotopic (exact) mass is 282 g/mol. The van der Waals surface area contributed by atoms with Crippen LogP contribution in [0.1, 0.15) is 124 Å². The molecule has 0 saturated heterocycles. The molecule has 1 atom stereocenters. The molecule has 20 heavy (non-hydrogen) atoms. The lowest BCUT2D eigenvalue weighted by atomic mass is 9.91. The van der Waals surface area contributed by atoms with Gasteiger partial charge in [-0.2, -0.15) is 0 Å². The average Bonchev–Trinajstić information content (AvgIpc) is 2.45. The first-order chi connectivity index (χ1) is 9.85. The van der Waals surface area contributed by atoms with E-state index in [-0.39, 0.29) is 0 Å². The Hall–Kier alpha value is 0. The maximum absolute atomic E-state index is 2.35. The Morgan fingerprint density at radius 1 is 0.400 bits per heavy atom. The molecule has 0 heterocycles. The van der Waals surface area contributed by atoms with Crippen LogP contribution in [0.25, 0.3) is 0 Å². The van der Waals surface area contributed by atoms with E-state index in [1.54, 1.807) is 0 Å². The molecule has 0 spiro atoms. The van der Waals surface area contributed by atoms with Gasteiger partial charge in [0.2, 0.25) is 0 Å². The number of unbranched alkanes of at least 4 members (excludes halogenated alkanes) is 10. The fraction of sp³-hybridized carbons (Fsp3) is 1.00. The van der Waals surface area contributed by atoms with Crippen molar-refractivity contribution in [2.45, 2.75) is 124 Å². The molecule has 0 saturated carbocycles. The van der Waals surface area contributed by atoms with E-state index in [0.29, 0.717) is 0 Å². The van der Waals surface area contributed by atoms with Gasteiger partial charge in [0.15, 0.2) is 0 Å². The van der Waals surface area contributed by atoms with E-state index < -0.39 is 0 Å². The predicted octanol–water partition coefficient (Wildman–Crippen LogP) is 7.90. The van der Waals surface area contributed by atoms with Gasteiger partial charge in [-0.05, 0) is 5.92 Å². The maximum atomic E-state index is 2.35. The molecule has 0 aliphatic rings. The van der Waals surface area contributed by atoms with Crippen molar-refractivity contribution in [3.8, 4) is 0 Å². The maximum Gasteiger partial charge on any atom is -0.0414 e. The van der Waals surface area contributed by atoms with E-state index in [9.17, 15) is 0 Å². The molecule has 1 unspecified atom stereocenters. The molecule has 0 aliphatic carbocycles. The van der Waals surface area contributed by atoms with Gasteiger partial charge < -0.3 is 0 Å². The predicted molar refractivity (Wildman–Crippen MR) is 94.4 cm³/mol. The normalized spacial score (nSPS) is 12.8.